The van der Waals surface area contributed by atoms with Gasteiger partial charge in [0, 0.05) is 35.8 Å². The SMILES string of the molecule is COc1ccc(Cl)cc1COC(=O)c1cc([N+](=O)[O-])ccc1N1CCOCC1. The second-order valence-electron chi connectivity index (χ2n) is 6.09. The second kappa shape index (κ2) is 8.90. The highest BCUT2D eigenvalue weighted by molar-refractivity contribution is 6.30. The minimum atomic E-state index is -0.660. The molecule has 1 fully saturated rings. The molecule has 2 aromatic carbocycles. The number of hydrogen-bond donors (Lipinski definition) is 0. The Bertz CT molecular complexity index is 883. The molecule has 0 spiro atoms. The molecule has 3 rings (SSSR count). The number of halogens is 1. The van der Waals surface area contributed by atoms with E-state index < -0.39 is 10.9 Å². The highest BCUT2D eigenvalue weighted by atomic mass is 35.5. The third kappa shape index (κ3) is 4.52. The molecular weight excluding hydrogens is 388 g/mol. The predicted octanol–water partition coefficient (Wildman–Crippen LogP) is 3.45. The van der Waals surface area contributed by atoms with Crippen molar-refractivity contribution in [2.45, 2.75) is 6.61 Å². The van der Waals surface area contributed by atoms with Crippen LogP contribution in [0.2, 0.25) is 5.02 Å². The van der Waals surface area contributed by atoms with Crippen LogP contribution in [0.3, 0.4) is 0 Å². The molecule has 0 radical (unpaired) electrons. The van der Waals surface area contributed by atoms with Crippen LogP contribution in [0.25, 0.3) is 0 Å². The van der Waals surface area contributed by atoms with Gasteiger partial charge >= 0.3 is 5.97 Å². The predicted molar refractivity (Wildman–Crippen MR) is 103 cm³/mol. The molecule has 0 aromatic heterocycles. The number of non-ortho nitro benzene ring substituents is 1. The molecular formula is C19H19ClN2O6. The molecule has 1 heterocycles. The topological polar surface area (TPSA) is 91.1 Å². The highest BCUT2D eigenvalue weighted by Crippen LogP contribution is 2.28. The molecule has 0 unspecified atom stereocenters. The number of nitrogens with zero attached hydrogens (tertiary/aromatic N) is 2. The number of rotatable bonds is 6. The maximum Gasteiger partial charge on any atom is 0.340 e. The van der Waals surface area contributed by atoms with Gasteiger partial charge in [0.25, 0.3) is 5.69 Å². The number of nitro benzene ring substituents is 1. The van der Waals surface area contributed by atoms with Gasteiger partial charge in [-0.05, 0) is 24.3 Å². The molecule has 2 aromatic rings. The Kier molecular flexibility index (Phi) is 6.33. The summed E-state index contributed by atoms with van der Waals surface area (Å²) < 4.78 is 16.0. The van der Waals surface area contributed by atoms with Gasteiger partial charge in [-0.25, -0.2) is 4.79 Å². The highest BCUT2D eigenvalue weighted by Gasteiger charge is 2.23. The van der Waals surface area contributed by atoms with Crippen molar-refractivity contribution < 1.29 is 23.9 Å². The summed E-state index contributed by atoms with van der Waals surface area (Å²) in [7, 11) is 1.51. The summed E-state index contributed by atoms with van der Waals surface area (Å²) in [6.45, 7) is 2.13. The quantitative estimate of drug-likeness (QED) is 0.412. The van der Waals surface area contributed by atoms with Gasteiger partial charge in [-0.2, -0.15) is 0 Å². The average Bonchev–Trinajstić information content (AvgIpc) is 2.72. The lowest BCUT2D eigenvalue weighted by Crippen LogP contribution is -2.37. The zero-order valence-corrected chi connectivity index (χ0v) is 16.0. The van der Waals surface area contributed by atoms with Gasteiger partial charge in [0.1, 0.15) is 12.4 Å². The third-order valence-electron chi connectivity index (χ3n) is 4.36. The summed E-state index contributed by atoms with van der Waals surface area (Å²) in [6, 6.07) is 9.18. The summed E-state index contributed by atoms with van der Waals surface area (Å²) in [5.41, 5.74) is 1.14. The van der Waals surface area contributed by atoms with E-state index in [2.05, 4.69) is 0 Å². The van der Waals surface area contributed by atoms with Crippen LogP contribution in [0.1, 0.15) is 15.9 Å². The summed E-state index contributed by atoms with van der Waals surface area (Å²) >= 11 is 6.00. The fraction of sp³-hybridized carbons (Fsp3) is 0.316. The number of carbonyl (C=O) groups excluding carboxylic acids is 1. The second-order valence-corrected chi connectivity index (χ2v) is 6.53. The summed E-state index contributed by atoms with van der Waals surface area (Å²) in [5, 5.41) is 11.6. The van der Waals surface area contributed by atoms with Crippen LogP contribution in [-0.2, 0) is 16.1 Å². The first-order valence-electron chi connectivity index (χ1n) is 8.60. The summed E-state index contributed by atoms with van der Waals surface area (Å²) in [6.07, 6.45) is 0. The van der Waals surface area contributed by atoms with Crippen molar-refractivity contribution >= 4 is 28.9 Å². The summed E-state index contributed by atoms with van der Waals surface area (Å²) in [5.74, 6) is -0.128. The minimum Gasteiger partial charge on any atom is -0.496 e. The van der Waals surface area contributed by atoms with Crippen LogP contribution >= 0.6 is 11.6 Å². The number of morpholine rings is 1. The van der Waals surface area contributed by atoms with E-state index in [-0.39, 0.29) is 17.9 Å². The van der Waals surface area contributed by atoms with E-state index in [4.69, 9.17) is 25.8 Å². The standard InChI is InChI=1S/C19H19ClN2O6/c1-26-18-5-2-14(20)10-13(18)12-28-19(23)16-11-15(22(24)25)3-4-17(16)21-6-8-27-9-7-21/h2-5,10-11H,6-9,12H2,1H3. The number of hydrogen-bond acceptors (Lipinski definition) is 7. The molecule has 0 bridgehead atoms. The van der Waals surface area contributed by atoms with E-state index in [1.54, 1.807) is 24.3 Å². The van der Waals surface area contributed by atoms with E-state index in [0.717, 1.165) is 0 Å². The first-order chi connectivity index (χ1) is 13.5. The van der Waals surface area contributed by atoms with Gasteiger partial charge in [-0.15, -0.1) is 0 Å². The molecule has 1 aliphatic heterocycles. The maximum atomic E-state index is 12.8. The molecule has 148 valence electrons. The van der Waals surface area contributed by atoms with Gasteiger partial charge in [0.05, 0.1) is 36.5 Å². The van der Waals surface area contributed by atoms with E-state index >= 15 is 0 Å². The first kappa shape index (κ1) is 19.9. The molecule has 0 saturated carbocycles. The van der Waals surface area contributed by atoms with Gasteiger partial charge in [0.2, 0.25) is 0 Å². The smallest absolute Gasteiger partial charge is 0.340 e. The van der Waals surface area contributed by atoms with Gasteiger partial charge in [-0.1, -0.05) is 11.6 Å². The molecule has 1 aliphatic rings. The molecule has 9 heteroatoms. The van der Waals surface area contributed by atoms with Crippen molar-refractivity contribution in [2.75, 3.05) is 38.3 Å². The largest absolute Gasteiger partial charge is 0.496 e. The van der Waals surface area contributed by atoms with Crippen LogP contribution in [0.4, 0.5) is 11.4 Å². The number of benzene rings is 2. The van der Waals surface area contributed by atoms with Gasteiger partial charge in [-0.3, -0.25) is 10.1 Å². The minimum absolute atomic E-state index is 0.0756. The number of anilines is 1. The molecule has 0 atom stereocenters. The van der Waals surface area contributed by atoms with Gasteiger partial charge < -0.3 is 19.1 Å². The van der Waals surface area contributed by atoms with E-state index in [1.807, 2.05) is 4.90 Å². The van der Waals surface area contributed by atoms with Crippen molar-refractivity contribution in [3.8, 4) is 5.75 Å². The Morgan fingerprint density at radius 3 is 2.68 bits per heavy atom. The normalized spacial score (nSPS) is 13.9. The third-order valence-corrected chi connectivity index (χ3v) is 4.60. The number of carbonyl (C=O) groups is 1. The molecule has 8 nitrogen and oxygen atoms in total. The Morgan fingerprint density at radius 1 is 1.25 bits per heavy atom. The zero-order valence-electron chi connectivity index (χ0n) is 15.2. The number of methoxy groups -OCH3 is 1. The van der Waals surface area contributed by atoms with Crippen LogP contribution in [0, 0.1) is 10.1 Å². The zero-order chi connectivity index (χ0) is 20.1. The van der Waals surface area contributed by atoms with Crippen LogP contribution in [0.5, 0.6) is 5.75 Å². The Hall–Kier alpha value is -2.84. The molecule has 0 N–H and O–H groups in total. The van der Waals surface area contributed by atoms with Gasteiger partial charge in [0.15, 0.2) is 0 Å². The van der Waals surface area contributed by atoms with E-state index in [1.165, 1.54) is 19.2 Å². The Morgan fingerprint density at radius 2 is 2.00 bits per heavy atom. The Balaban J connectivity index is 1.86. The van der Waals surface area contributed by atoms with E-state index in [9.17, 15) is 14.9 Å². The average molecular weight is 407 g/mol. The summed E-state index contributed by atoms with van der Waals surface area (Å²) in [4.78, 5) is 25.3. The lowest BCUT2D eigenvalue weighted by molar-refractivity contribution is -0.384. The van der Waals surface area contributed by atoms with Crippen LogP contribution < -0.4 is 9.64 Å². The lowest BCUT2D eigenvalue weighted by Gasteiger charge is -2.30. The van der Waals surface area contributed by atoms with Crippen molar-refractivity contribution in [2.24, 2.45) is 0 Å². The fourth-order valence-corrected chi connectivity index (χ4v) is 3.16. The van der Waals surface area contributed by atoms with Crippen LogP contribution in [-0.4, -0.2) is 44.3 Å². The maximum absolute atomic E-state index is 12.8. The van der Waals surface area contributed by atoms with Crippen molar-refractivity contribution in [1.29, 1.82) is 0 Å². The first-order valence-corrected chi connectivity index (χ1v) is 8.98. The number of esters is 1. The fourth-order valence-electron chi connectivity index (χ4n) is 2.96. The molecule has 1 saturated heterocycles. The number of ether oxygens (including phenoxy) is 3. The van der Waals surface area contributed by atoms with Crippen molar-refractivity contribution in [3.63, 3.8) is 0 Å². The van der Waals surface area contributed by atoms with Crippen molar-refractivity contribution in [3.05, 3.63) is 62.7 Å². The molecule has 28 heavy (non-hydrogen) atoms. The number of nitro groups is 1. The monoisotopic (exact) mass is 406 g/mol. The molecule has 0 amide bonds. The lowest BCUT2D eigenvalue weighted by atomic mass is 10.1. The van der Waals surface area contributed by atoms with Crippen molar-refractivity contribution in [1.82, 2.24) is 0 Å². The van der Waals surface area contributed by atoms with E-state index in [0.29, 0.717) is 48.3 Å². The molecule has 0 aliphatic carbocycles. The van der Waals surface area contributed by atoms with Crippen LogP contribution in [0.15, 0.2) is 36.4 Å². The Labute approximate surface area is 166 Å².